The topological polar surface area (TPSA) is 53.8 Å². The zero-order valence-corrected chi connectivity index (χ0v) is 11.8. The Hall–Kier alpha value is -1.62. The van der Waals surface area contributed by atoms with E-state index >= 15 is 0 Å². The molecule has 0 saturated carbocycles. The van der Waals surface area contributed by atoms with E-state index in [0.717, 1.165) is 21.1 Å². The van der Waals surface area contributed by atoms with Crippen molar-refractivity contribution in [2.75, 3.05) is 0 Å². The molecule has 0 radical (unpaired) electrons. The normalized spacial score (nSPS) is 12.7. The Labute approximate surface area is 119 Å². The van der Waals surface area contributed by atoms with E-state index in [2.05, 4.69) is 50.6 Å². The smallest absolute Gasteiger partial charge is 0.0730 e. The maximum atomic E-state index is 5.75. The Morgan fingerprint density at radius 1 is 1.05 bits per heavy atom. The molecule has 19 heavy (non-hydrogen) atoms. The fraction of sp³-hybridized carbons (Fsp3) is 0.0667. The molecule has 1 aromatic heterocycles. The number of hydrogen-bond donors (Lipinski definition) is 3. The van der Waals surface area contributed by atoms with Gasteiger partial charge in [0.05, 0.1) is 6.04 Å². The summed E-state index contributed by atoms with van der Waals surface area (Å²) in [5.41, 5.74) is 6.31. The number of halogens is 1. The maximum Gasteiger partial charge on any atom is 0.0730 e. The van der Waals surface area contributed by atoms with Crippen LogP contribution in [0, 0.1) is 0 Å². The minimum absolute atomic E-state index is 0.0238. The van der Waals surface area contributed by atoms with E-state index < -0.39 is 0 Å². The van der Waals surface area contributed by atoms with Crippen molar-refractivity contribution in [3.8, 4) is 0 Å². The van der Waals surface area contributed by atoms with Crippen molar-refractivity contribution in [2.24, 2.45) is 5.84 Å². The van der Waals surface area contributed by atoms with Crippen molar-refractivity contribution in [3.05, 3.63) is 70.3 Å². The third-order valence-electron chi connectivity index (χ3n) is 3.30. The molecule has 1 unspecified atom stereocenters. The van der Waals surface area contributed by atoms with Gasteiger partial charge in [-0.2, -0.15) is 0 Å². The van der Waals surface area contributed by atoms with E-state index in [9.17, 15) is 0 Å². The highest BCUT2D eigenvalue weighted by Crippen LogP contribution is 2.28. The molecular weight excluding hydrogens is 302 g/mol. The van der Waals surface area contributed by atoms with Gasteiger partial charge in [-0.1, -0.05) is 46.3 Å². The number of nitrogens with one attached hydrogen (secondary N) is 2. The summed E-state index contributed by atoms with van der Waals surface area (Å²) in [6.45, 7) is 0. The van der Waals surface area contributed by atoms with Crippen LogP contribution in [0.25, 0.3) is 10.9 Å². The summed E-state index contributed by atoms with van der Waals surface area (Å²) >= 11 is 3.45. The number of H-pyrrole nitrogens is 1. The summed E-state index contributed by atoms with van der Waals surface area (Å²) < 4.78 is 1.06. The van der Waals surface area contributed by atoms with Gasteiger partial charge in [0.2, 0.25) is 0 Å². The van der Waals surface area contributed by atoms with E-state index in [1.54, 1.807) is 0 Å². The summed E-state index contributed by atoms with van der Waals surface area (Å²) in [7, 11) is 0. The van der Waals surface area contributed by atoms with E-state index in [0.29, 0.717) is 0 Å². The van der Waals surface area contributed by atoms with Crippen molar-refractivity contribution >= 4 is 26.8 Å². The van der Waals surface area contributed by atoms with Crippen LogP contribution in [0.1, 0.15) is 17.2 Å². The van der Waals surface area contributed by atoms with Crippen molar-refractivity contribution in [3.63, 3.8) is 0 Å². The molecular formula is C15H14BrN3. The summed E-state index contributed by atoms with van der Waals surface area (Å²) in [6, 6.07) is 16.4. The van der Waals surface area contributed by atoms with Gasteiger partial charge in [-0.3, -0.25) is 5.84 Å². The van der Waals surface area contributed by atoms with Crippen molar-refractivity contribution in [1.29, 1.82) is 0 Å². The van der Waals surface area contributed by atoms with Crippen molar-refractivity contribution < 1.29 is 0 Å². The third kappa shape index (κ3) is 2.30. The SMILES string of the molecule is NNC(c1ccc(Br)cc1)c1c[nH]c2ccccc12. The van der Waals surface area contributed by atoms with E-state index in [1.165, 1.54) is 5.39 Å². The largest absolute Gasteiger partial charge is 0.361 e. The molecule has 0 saturated heterocycles. The van der Waals surface area contributed by atoms with Crippen LogP contribution in [0.2, 0.25) is 0 Å². The molecule has 0 amide bonds. The van der Waals surface area contributed by atoms with Crippen LogP contribution in [-0.2, 0) is 0 Å². The molecule has 3 aromatic rings. The molecule has 3 nitrogen and oxygen atoms in total. The van der Waals surface area contributed by atoms with Crippen LogP contribution in [0.15, 0.2) is 59.2 Å². The van der Waals surface area contributed by atoms with Gasteiger partial charge < -0.3 is 4.98 Å². The Kier molecular flexibility index (Phi) is 3.38. The highest BCUT2D eigenvalue weighted by atomic mass is 79.9. The van der Waals surface area contributed by atoms with Crippen molar-refractivity contribution in [2.45, 2.75) is 6.04 Å². The number of nitrogens with two attached hydrogens (primary N) is 1. The van der Waals surface area contributed by atoms with Crippen LogP contribution >= 0.6 is 15.9 Å². The molecule has 1 atom stereocenters. The predicted molar refractivity (Wildman–Crippen MR) is 81.6 cm³/mol. The summed E-state index contributed by atoms with van der Waals surface area (Å²) in [4.78, 5) is 3.28. The predicted octanol–water partition coefficient (Wildman–Crippen LogP) is 3.48. The van der Waals surface area contributed by atoms with E-state index in [-0.39, 0.29) is 6.04 Å². The molecule has 0 aliphatic rings. The summed E-state index contributed by atoms with van der Waals surface area (Å²) in [5.74, 6) is 5.75. The summed E-state index contributed by atoms with van der Waals surface area (Å²) in [5, 5.41) is 1.19. The number of aromatic amines is 1. The number of para-hydroxylation sites is 1. The summed E-state index contributed by atoms with van der Waals surface area (Å²) in [6.07, 6.45) is 2.01. The monoisotopic (exact) mass is 315 g/mol. The Morgan fingerprint density at radius 2 is 1.79 bits per heavy atom. The maximum absolute atomic E-state index is 5.75. The average molecular weight is 316 g/mol. The van der Waals surface area contributed by atoms with Gasteiger partial charge >= 0.3 is 0 Å². The molecule has 0 bridgehead atoms. The number of hydrogen-bond acceptors (Lipinski definition) is 2. The fourth-order valence-electron chi connectivity index (χ4n) is 2.35. The molecule has 0 aliphatic carbocycles. The van der Waals surface area contributed by atoms with Gasteiger partial charge in [-0.15, -0.1) is 0 Å². The first-order valence-electron chi connectivity index (χ1n) is 6.07. The van der Waals surface area contributed by atoms with E-state index in [1.807, 2.05) is 30.5 Å². The van der Waals surface area contributed by atoms with Gasteiger partial charge in [-0.05, 0) is 23.8 Å². The highest BCUT2D eigenvalue weighted by molar-refractivity contribution is 9.10. The first-order chi connectivity index (χ1) is 9.29. The molecule has 2 aromatic carbocycles. The minimum atomic E-state index is -0.0238. The first-order valence-corrected chi connectivity index (χ1v) is 6.86. The van der Waals surface area contributed by atoms with Crippen molar-refractivity contribution in [1.82, 2.24) is 10.4 Å². The third-order valence-corrected chi connectivity index (χ3v) is 3.83. The number of hydrazine groups is 1. The number of benzene rings is 2. The number of fused-ring (bicyclic) bond motifs is 1. The second kappa shape index (κ2) is 5.17. The Bertz CT molecular complexity index is 688. The number of aromatic nitrogens is 1. The molecule has 0 aliphatic heterocycles. The van der Waals surface area contributed by atoms with Gasteiger partial charge in [0.25, 0.3) is 0 Å². The van der Waals surface area contributed by atoms with Crippen LogP contribution < -0.4 is 11.3 Å². The van der Waals surface area contributed by atoms with Gasteiger partial charge in [0.15, 0.2) is 0 Å². The Balaban J connectivity index is 2.09. The quantitative estimate of drug-likeness (QED) is 0.512. The fourth-order valence-corrected chi connectivity index (χ4v) is 2.62. The molecule has 96 valence electrons. The molecule has 0 fully saturated rings. The zero-order chi connectivity index (χ0) is 13.2. The zero-order valence-electron chi connectivity index (χ0n) is 10.2. The van der Waals surface area contributed by atoms with E-state index in [4.69, 9.17) is 5.84 Å². The molecule has 0 spiro atoms. The first kappa shape index (κ1) is 12.4. The standard InChI is InChI=1S/C15H14BrN3/c16-11-7-5-10(6-8-11)15(19-17)13-9-18-14-4-2-1-3-12(13)14/h1-9,15,18-19H,17H2. The molecule has 4 heteroatoms. The Morgan fingerprint density at radius 3 is 2.53 bits per heavy atom. The lowest BCUT2D eigenvalue weighted by molar-refractivity contribution is 0.641. The minimum Gasteiger partial charge on any atom is -0.361 e. The molecule has 3 rings (SSSR count). The van der Waals surface area contributed by atoms with Gasteiger partial charge in [0, 0.05) is 27.1 Å². The molecule has 4 N–H and O–H groups in total. The lowest BCUT2D eigenvalue weighted by Crippen LogP contribution is -2.28. The second-order valence-electron chi connectivity index (χ2n) is 4.44. The lowest BCUT2D eigenvalue weighted by Gasteiger charge is -2.16. The highest BCUT2D eigenvalue weighted by Gasteiger charge is 2.16. The van der Waals surface area contributed by atoms with Gasteiger partial charge in [-0.25, -0.2) is 5.43 Å². The average Bonchev–Trinajstić information content (AvgIpc) is 2.86. The van der Waals surface area contributed by atoms with Crippen LogP contribution in [-0.4, -0.2) is 4.98 Å². The van der Waals surface area contributed by atoms with Crippen LogP contribution in [0.3, 0.4) is 0 Å². The van der Waals surface area contributed by atoms with Gasteiger partial charge in [0.1, 0.15) is 0 Å². The second-order valence-corrected chi connectivity index (χ2v) is 5.36. The van der Waals surface area contributed by atoms with Crippen LogP contribution in [0.5, 0.6) is 0 Å². The lowest BCUT2D eigenvalue weighted by atomic mass is 9.99. The molecule has 1 heterocycles. The van der Waals surface area contributed by atoms with Crippen LogP contribution in [0.4, 0.5) is 0 Å². The number of rotatable bonds is 3.